The van der Waals surface area contributed by atoms with Crippen LogP contribution < -0.4 is 10.3 Å². The van der Waals surface area contributed by atoms with Crippen molar-refractivity contribution in [1.29, 1.82) is 0 Å². The lowest BCUT2D eigenvalue weighted by molar-refractivity contribution is 0.866. The van der Waals surface area contributed by atoms with Gasteiger partial charge in [0.25, 0.3) is 0 Å². The fourth-order valence-electron chi connectivity index (χ4n) is 2.67. The molecule has 1 heterocycles. The minimum atomic E-state index is 0.580. The van der Waals surface area contributed by atoms with Gasteiger partial charge in [-0.05, 0) is 49.7 Å². The van der Waals surface area contributed by atoms with E-state index in [1.165, 1.54) is 17.0 Å². The lowest BCUT2D eigenvalue weighted by Crippen LogP contribution is -2.21. The monoisotopic (exact) mass is 418 g/mol. The van der Waals surface area contributed by atoms with Gasteiger partial charge in [0.2, 0.25) is 5.13 Å². The maximum absolute atomic E-state index is 6.24. The number of hydrogen-bond donors (Lipinski definition) is 1. The summed E-state index contributed by atoms with van der Waals surface area (Å²) in [6, 6.07) is 13.7. The Labute approximate surface area is 173 Å². The van der Waals surface area contributed by atoms with E-state index in [4.69, 9.17) is 23.2 Å². The van der Waals surface area contributed by atoms with Crippen LogP contribution in [0.4, 0.5) is 10.8 Å². The molecule has 140 valence electrons. The molecule has 0 aliphatic carbocycles. The van der Waals surface area contributed by atoms with Crippen molar-refractivity contribution in [3.63, 3.8) is 0 Å². The highest BCUT2D eigenvalue weighted by Gasteiger charge is 2.08. The van der Waals surface area contributed by atoms with Crippen LogP contribution in [0.3, 0.4) is 0 Å². The van der Waals surface area contributed by atoms with Gasteiger partial charge in [-0.3, -0.25) is 5.43 Å². The Balaban J connectivity index is 1.64. The van der Waals surface area contributed by atoms with Gasteiger partial charge in [0.15, 0.2) is 0 Å². The van der Waals surface area contributed by atoms with Crippen LogP contribution in [0.2, 0.25) is 10.0 Å². The number of benzene rings is 2. The second-order valence-corrected chi connectivity index (χ2v) is 7.50. The van der Waals surface area contributed by atoms with E-state index in [2.05, 4.69) is 58.5 Å². The Morgan fingerprint density at radius 1 is 1.11 bits per heavy atom. The summed E-state index contributed by atoms with van der Waals surface area (Å²) in [6.45, 7) is 6.30. The second-order valence-electron chi connectivity index (χ2n) is 5.80. The maximum Gasteiger partial charge on any atom is 0.203 e. The van der Waals surface area contributed by atoms with E-state index in [1.807, 2.05) is 11.4 Å². The molecule has 1 N–H and O–H groups in total. The summed E-state index contributed by atoms with van der Waals surface area (Å²) in [5.74, 6) is 0. The molecule has 0 amide bonds. The Bertz CT molecular complexity index is 918. The number of nitrogens with zero attached hydrogens (tertiary/aromatic N) is 3. The molecule has 7 heteroatoms. The number of nitrogens with one attached hydrogen (secondary N) is 1. The highest BCUT2D eigenvalue weighted by molar-refractivity contribution is 7.14. The molecule has 0 spiro atoms. The summed E-state index contributed by atoms with van der Waals surface area (Å²) in [5.41, 5.74) is 6.86. The lowest BCUT2D eigenvalue weighted by Gasteiger charge is -2.20. The first kappa shape index (κ1) is 19.7. The molecule has 1 aromatic heterocycles. The molecule has 0 unspecified atom stereocenters. The van der Waals surface area contributed by atoms with Crippen LogP contribution in [0.1, 0.15) is 19.4 Å². The Kier molecular flexibility index (Phi) is 6.72. The molecule has 0 atom stereocenters. The van der Waals surface area contributed by atoms with E-state index in [-0.39, 0.29) is 0 Å². The molecule has 0 saturated heterocycles. The van der Waals surface area contributed by atoms with Crippen molar-refractivity contribution in [3.8, 4) is 11.3 Å². The van der Waals surface area contributed by atoms with Gasteiger partial charge >= 0.3 is 0 Å². The van der Waals surface area contributed by atoms with E-state index in [0.717, 1.165) is 29.9 Å². The molecular formula is C20H20Cl2N4S. The molecule has 0 fully saturated rings. The lowest BCUT2D eigenvalue weighted by atomic mass is 10.2. The number of aromatic nitrogens is 1. The zero-order valence-corrected chi connectivity index (χ0v) is 17.4. The van der Waals surface area contributed by atoms with Crippen molar-refractivity contribution in [2.24, 2.45) is 5.10 Å². The number of hydrazone groups is 1. The van der Waals surface area contributed by atoms with Crippen LogP contribution >= 0.6 is 34.5 Å². The van der Waals surface area contributed by atoms with E-state index in [9.17, 15) is 0 Å². The highest BCUT2D eigenvalue weighted by Crippen LogP contribution is 2.32. The predicted octanol–water partition coefficient (Wildman–Crippen LogP) is 6.41. The molecule has 0 aliphatic rings. The van der Waals surface area contributed by atoms with E-state index in [0.29, 0.717) is 15.2 Å². The molecule has 2 aromatic carbocycles. The molecule has 3 rings (SSSR count). The standard InChI is InChI=1S/C20H20Cl2N4S/c1-3-26(4-2)16-8-5-14(6-9-16)12-23-25-20-24-19(13-27-20)17-10-7-15(21)11-18(17)22/h5-13H,3-4H2,1-2H3,(H,24,25). The Hall–Kier alpha value is -2.08. The van der Waals surface area contributed by atoms with E-state index >= 15 is 0 Å². The van der Waals surface area contributed by atoms with Crippen molar-refractivity contribution in [2.75, 3.05) is 23.4 Å². The summed E-state index contributed by atoms with van der Waals surface area (Å²) in [5, 5.41) is 8.10. The number of thiazole rings is 1. The van der Waals surface area contributed by atoms with Gasteiger partial charge in [-0.2, -0.15) is 5.10 Å². The van der Waals surface area contributed by atoms with Crippen molar-refractivity contribution < 1.29 is 0 Å². The molecular weight excluding hydrogens is 399 g/mol. The van der Waals surface area contributed by atoms with Gasteiger partial charge in [-0.1, -0.05) is 35.3 Å². The van der Waals surface area contributed by atoms with Crippen LogP contribution in [0.5, 0.6) is 0 Å². The third-order valence-corrected chi connectivity index (χ3v) is 5.40. The minimum Gasteiger partial charge on any atom is -0.372 e. The van der Waals surface area contributed by atoms with Gasteiger partial charge in [0, 0.05) is 34.7 Å². The smallest absolute Gasteiger partial charge is 0.203 e. The van der Waals surface area contributed by atoms with E-state index in [1.54, 1.807) is 18.3 Å². The highest BCUT2D eigenvalue weighted by atomic mass is 35.5. The third kappa shape index (κ3) is 5.01. The minimum absolute atomic E-state index is 0.580. The molecule has 4 nitrogen and oxygen atoms in total. The fraction of sp³-hybridized carbons (Fsp3) is 0.200. The maximum atomic E-state index is 6.24. The van der Waals surface area contributed by atoms with Crippen molar-refractivity contribution >= 4 is 51.6 Å². The van der Waals surface area contributed by atoms with Gasteiger partial charge < -0.3 is 4.90 Å². The average molecular weight is 419 g/mol. The number of hydrogen-bond acceptors (Lipinski definition) is 5. The van der Waals surface area contributed by atoms with Crippen molar-refractivity contribution in [1.82, 2.24) is 4.98 Å². The van der Waals surface area contributed by atoms with Crippen LogP contribution in [0, 0.1) is 0 Å². The van der Waals surface area contributed by atoms with Crippen molar-refractivity contribution in [2.45, 2.75) is 13.8 Å². The van der Waals surface area contributed by atoms with Crippen LogP contribution in [-0.4, -0.2) is 24.3 Å². The topological polar surface area (TPSA) is 40.5 Å². The number of halogens is 2. The van der Waals surface area contributed by atoms with Crippen LogP contribution in [-0.2, 0) is 0 Å². The Morgan fingerprint density at radius 3 is 2.52 bits per heavy atom. The summed E-state index contributed by atoms with van der Waals surface area (Å²) >= 11 is 13.7. The normalized spacial score (nSPS) is 11.1. The quantitative estimate of drug-likeness (QED) is 0.355. The Morgan fingerprint density at radius 2 is 1.85 bits per heavy atom. The summed E-state index contributed by atoms with van der Waals surface area (Å²) < 4.78 is 0. The molecule has 0 aliphatic heterocycles. The summed E-state index contributed by atoms with van der Waals surface area (Å²) in [7, 11) is 0. The van der Waals surface area contributed by atoms with Gasteiger partial charge in [0.05, 0.1) is 16.9 Å². The largest absolute Gasteiger partial charge is 0.372 e. The first-order valence-corrected chi connectivity index (χ1v) is 10.3. The van der Waals surface area contributed by atoms with Crippen molar-refractivity contribution in [3.05, 3.63) is 63.5 Å². The second kappa shape index (κ2) is 9.22. The number of rotatable bonds is 7. The third-order valence-electron chi connectivity index (χ3n) is 4.11. The molecule has 27 heavy (non-hydrogen) atoms. The molecule has 0 saturated carbocycles. The summed E-state index contributed by atoms with van der Waals surface area (Å²) in [6.07, 6.45) is 1.78. The molecule has 0 radical (unpaired) electrons. The van der Waals surface area contributed by atoms with Gasteiger partial charge in [0.1, 0.15) is 0 Å². The summed E-state index contributed by atoms with van der Waals surface area (Å²) in [4.78, 5) is 6.82. The first-order valence-electron chi connectivity index (χ1n) is 8.65. The van der Waals surface area contributed by atoms with Crippen LogP contribution in [0.15, 0.2) is 52.9 Å². The fourth-order valence-corrected chi connectivity index (χ4v) is 3.83. The van der Waals surface area contributed by atoms with Gasteiger partial charge in [-0.15, -0.1) is 11.3 Å². The van der Waals surface area contributed by atoms with Crippen LogP contribution in [0.25, 0.3) is 11.3 Å². The van der Waals surface area contributed by atoms with Gasteiger partial charge in [-0.25, -0.2) is 4.98 Å². The van der Waals surface area contributed by atoms with E-state index < -0.39 is 0 Å². The predicted molar refractivity (Wildman–Crippen MR) is 119 cm³/mol. The average Bonchev–Trinajstić information content (AvgIpc) is 3.12. The molecule has 3 aromatic rings. The first-order chi connectivity index (χ1) is 13.1. The SMILES string of the molecule is CCN(CC)c1ccc(C=NNc2nc(-c3ccc(Cl)cc3Cl)cs2)cc1. The molecule has 0 bridgehead atoms. The number of anilines is 2. The zero-order valence-electron chi connectivity index (χ0n) is 15.1. The zero-order chi connectivity index (χ0) is 19.2.